The molecule has 0 spiro atoms. The van der Waals surface area contributed by atoms with Crippen molar-refractivity contribution in [1.29, 1.82) is 0 Å². The predicted molar refractivity (Wildman–Crippen MR) is 97.1 cm³/mol. The van der Waals surface area contributed by atoms with E-state index in [1.54, 1.807) is 12.1 Å². The van der Waals surface area contributed by atoms with Gasteiger partial charge in [-0.05, 0) is 46.5 Å². The van der Waals surface area contributed by atoms with E-state index >= 15 is 0 Å². The number of phenols is 1. The van der Waals surface area contributed by atoms with Gasteiger partial charge in [0, 0.05) is 6.07 Å². The molecular formula is C16H19BrN4O3. The topological polar surface area (TPSA) is 99.6 Å². The van der Waals surface area contributed by atoms with Crippen molar-refractivity contribution in [3.05, 3.63) is 44.3 Å². The van der Waals surface area contributed by atoms with Crippen LogP contribution in [0, 0.1) is 0 Å². The van der Waals surface area contributed by atoms with Gasteiger partial charge in [-0.25, -0.2) is 10.4 Å². The lowest BCUT2D eigenvalue weighted by Gasteiger charge is -2.08. The monoisotopic (exact) mass is 394 g/mol. The first-order valence-corrected chi connectivity index (χ1v) is 8.25. The van der Waals surface area contributed by atoms with Gasteiger partial charge in [0.15, 0.2) is 11.5 Å². The summed E-state index contributed by atoms with van der Waals surface area (Å²) < 4.78 is 5.86. The van der Waals surface area contributed by atoms with E-state index in [1.807, 2.05) is 20.8 Å². The van der Waals surface area contributed by atoms with Gasteiger partial charge >= 0.3 is 0 Å². The quantitative estimate of drug-likeness (QED) is 0.515. The molecule has 0 radical (unpaired) electrons. The van der Waals surface area contributed by atoms with E-state index in [0.29, 0.717) is 28.1 Å². The number of phenolic OH excluding ortho intramolecular Hbond substituents is 1. The zero-order chi connectivity index (χ0) is 17.7. The molecular weight excluding hydrogens is 376 g/mol. The van der Waals surface area contributed by atoms with Crippen molar-refractivity contribution in [3.8, 4) is 11.5 Å². The molecule has 2 aromatic rings. The van der Waals surface area contributed by atoms with Crippen LogP contribution in [-0.4, -0.2) is 27.9 Å². The smallest absolute Gasteiger partial charge is 0.252 e. The second kappa shape index (κ2) is 7.96. The van der Waals surface area contributed by atoms with Crippen molar-refractivity contribution in [1.82, 2.24) is 9.97 Å². The van der Waals surface area contributed by atoms with E-state index in [9.17, 15) is 9.90 Å². The molecule has 0 amide bonds. The molecule has 0 atom stereocenters. The van der Waals surface area contributed by atoms with Crippen LogP contribution in [0.3, 0.4) is 0 Å². The Balaban J connectivity index is 2.19. The highest BCUT2D eigenvalue weighted by Gasteiger charge is 2.08. The standard InChI is InChI=1S/C16H19BrN4O3/c1-4-24-13-6-10(5-11(17)15(13)23)8-18-21-16-19-12(9(2)3)7-14(22)20-16/h5-9,23H,4H2,1-3H3,(H2,19,20,21,22)/b18-8-. The third-order valence-corrected chi connectivity index (χ3v) is 3.69. The van der Waals surface area contributed by atoms with Crippen LogP contribution in [0.5, 0.6) is 11.5 Å². The first-order chi connectivity index (χ1) is 11.4. The number of aromatic amines is 1. The van der Waals surface area contributed by atoms with E-state index in [1.165, 1.54) is 12.3 Å². The number of rotatable bonds is 6. The summed E-state index contributed by atoms with van der Waals surface area (Å²) in [6.07, 6.45) is 1.54. The molecule has 3 N–H and O–H groups in total. The lowest BCUT2D eigenvalue weighted by atomic mass is 10.1. The third-order valence-electron chi connectivity index (χ3n) is 3.09. The summed E-state index contributed by atoms with van der Waals surface area (Å²) >= 11 is 3.27. The summed E-state index contributed by atoms with van der Waals surface area (Å²) in [5, 5.41) is 13.9. The Morgan fingerprint density at radius 3 is 2.88 bits per heavy atom. The number of aromatic nitrogens is 2. The number of hydrazone groups is 1. The van der Waals surface area contributed by atoms with Gasteiger partial charge in [-0.15, -0.1) is 0 Å². The molecule has 0 aliphatic rings. The van der Waals surface area contributed by atoms with Crippen LogP contribution in [-0.2, 0) is 0 Å². The fourth-order valence-corrected chi connectivity index (χ4v) is 2.39. The molecule has 1 aromatic heterocycles. The van der Waals surface area contributed by atoms with Crippen LogP contribution >= 0.6 is 15.9 Å². The van der Waals surface area contributed by atoms with E-state index in [4.69, 9.17) is 4.74 Å². The van der Waals surface area contributed by atoms with E-state index in [2.05, 4.69) is 36.4 Å². The van der Waals surface area contributed by atoms with Crippen molar-refractivity contribution in [2.24, 2.45) is 5.10 Å². The molecule has 0 fully saturated rings. The second-order valence-corrected chi connectivity index (χ2v) is 6.18. The van der Waals surface area contributed by atoms with Gasteiger partial charge in [0.05, 0.1) is 23.0 Å². The predicted octanol–water partition coefficient (Wildman–Crippen LogP) is 3.21. The molecule has 0 saturated heterocycles. The number of nitrogens with one attached hydrogen (secondary N) is 2. The Labute approximate surface area is 147 Å². The number of hydrogen-bond acceptors (Lipinski definition) is 6. The average molecular weight is 395 g/mol. The SMILES string of the molecule is CCOc1cc(/C=N\Nc2nc(C(C)C)cc(=O)[nH]2)cc(Br)c1O. The Bertz CT molecular complexity index is 802. The molecule has 7 nitrogen and oxygen atoms in total. The summed E-state index contributed by atoms with van der Waals surface area (Å²) in [6, 6.07) is 4.82. The van der Waals surface area contributed by atoms with E-state index < -0.39 is 0 Å². The number of ether oxygens (including phenoxy) is 1. The highest BCUT2D eigenvalue weighted by atomic mass is 79.9. The fourth-order valence-electron chi connectivity index (χ4n) is 1.93. The molecule has 0 unspecified atom stereocenters. The van der Waals surface area contributed by atoms with Crippen LogP contribution in [0.2, 0.25) is 0 Å². The molecule has 0 aliphatic carbocycles. The zero-order valence-corrected chi connectivity index (χ0v) is 15.2. The van der Waals surface area contributed by atoms with Crippen LogP contribution < -0.4 is 15.7 Å². The maximum absolute atomic E-state index is 11.6. The summed E-state index contributed by atoms with van der Waals surface area (Å²) in [5.74, 6) is 0.809. The van der Waals surface area contributed by atoms with Crippen LogP contribution in [0.25, 0.3) is 0 Å². The summed E-state index contributed by atoms with van der Waals surface area (Å²) in [5.41, 5.74) is 3.85. The average Bonchev–Trinajstić information content (AvgIpc) is 2.51. The Morgan fingerprint density at radius 1 is 1.46 bits per heavy atom. The van der Waals surface area contributed by atoms with Crippen molar-refractivity contribution in [2.75, 3.05) is 12.0 Å². The molecule has 1 aromatic carbocycles. The second-order valence-electron chi connectivity index (χ2n) is 5.33. The fraction of sp³-hybridized carbons (Fsp3) is 0.312. The molecule has 8 heteroatoms. The Kier molecular flexibility index (Phi) is 5.97. The minimum absolute atomic E-state index is 0.0394. The minimum Gasteiger partial charge on any atom is -0.503 e. The summed E-state index contributed by atoms with van der Waals surface area (Å²) in [4.78, 5) is 18.5. The van der Waals surface area contributed by atoms with E-state index in [-0.39, 0.29) is 23.2 Å². The maximum Gasteiger partial charge on any atom is 0.252 e. The number of nitrogens with zero attached hydrogens (tertiary/aromatic N) is 2. The number of hydrogen-bond donors (Lipinski definition) is 3. The maximum atomic E-state index is 11.6. The highest BCUT2D eigenvalue weighted by Crippen LogP contribution is 2.35. The first-order valence-electron chi connectivity index (χ1n) is 7.46. The van der Waals surface area contributed by atoms with Gasteiger partial charge in [-0.3, -0.25) is 9.78 Å². The highest BCUT2D eigenvalue weighted by molar-refractivity contribution is 9.10. The van der Waals surface area contributed by atoms with Crippen LogP contribution in [0.1, 0.15) is 37.9 Å². The molecule has 0 saturated carbocycles. The third kappa shape index (κ3) is 4.58. The van der Waals surface area contributed by atoms with Gasteiger partial charge in [0.1, 0.15) is 0 Å². The number of benzene rings is 1. The van der Waals surface area contributed by atoms with Crippen LogP contribution in [0.15, 0.2) is 32.6 Å². The summed E-state index contributed by atoms with van der Waals surface area (Å²) in [7, 11) is 0. The zero-order valence-electron chi connectivity index (χ0n) is 13.6. The van der Waals surface area contributed by atoms with E-state index in [0.717, 1.165) is 0 Å². The van der Waals surface area contributed by atoms with Gasteiger partial charge in [-0.1, -0.05) is 13.8 Å². The van der Waals surface area contributed by atoms with Gasteiger partial charge < -0.3 is 9.84 Å². The minimum atomic E-state index is -0.239. The number of H-pyrrole nitrogens is 1. The van der Waals surface area contributed by atoms with Gasteiger partial charge in [0.25, 0.3) is 5.56 Å². The lowest BCUT2D eigenvalue weighted by Crippen LogP contribution is -2.12. The number of halogens is 1. The molecule has 128 valence electrons. The Hall–Kier alpha value is -2.35. The summed E-state index contributed by atoms with van der Waals surface area (Å²) in [6.45, 7) is 6.18. The Morgan fingerprint density at radius 2 is 2.21 bits per heavy atom. The normalized spacial score (nSPS) is 11.2. The molecule has 1 heterocycles. The molecule has 24 heavy (non-hydrogen) atoms. The number of aromatic hydroxyl groups is 1. The van der Waals surface area contributed by atoms with Crippen molar-refractivity contribution in [2.45, 2.75) is 26.7 Å². The van der Waals surface area contributed by atoms with Crippen LogP contribution in [0.4, 0.5) is 5.95 Å². The molecule has 0 bridgehead atoms. The van der Waals surface area contributed by atoms with Gasteiger partial charge in [0.2, 0.25) is 5.95 Å². The van der Waals surface area contributed by atoms with Crippen molar-refractivity contribution < 1.29 is 9.84 Å². The van der Waals surface area contributed by atoms with Crippen molar-refractivity contribution >= 4 is 28.1 Å². The lowest BCUT2D eigenvalue weighted by molar-refractivity contribution is 0.317. The molecule has 0 aliphatic heterocycles. The molecule has 2 rings (SSSR count). The van der Waals surface area contributed by atoms with Gasteiger partial charge in [-0.2, -0.15) is 5.10 Å². The number of anilines is 1. The first kappa shape index (κ1) is 18.0. The largest absolute Gasteiger partial charge is 0.503 e. The van der Waals surface area contributed by atoms with Crippen molar-refractivity contribution in [3.63, 3.8) is 0 Å².